The first kappa shape index (κ1) is 22.0. The molecule has 4 heteroatoms. The van der Waals surface area contributed by atoms with Crippen molar-refractivity contribution in [3.63, 3.8) is 0 Å². The topological polar surface area (TPSA) is 38.7 Å². The van der Waals surface area contributed by atoms with Crippen molar-refractivity contribution in [2.45, 2.75) is 103 Å². The molecule has 0 aliphatic heterocycles. The molecule has 0 radical (unpaired) electrons. The third-order valence-corrected chi connectivity index (χ3v) is 12.4. The summed E-state index contributed by atoms with van der Waals surface area (Å²) < 4.78 is 12.4. The second-order valence-corrected chi connectivity index (χ2v) is 15.6. The lowest BCUT2D eigenvalue weighted by atomic mass is 9.53. The molecular formula is C22H42O3Si. The van der Waals surface area contributed by atoms with Gasteiger partial charge in [0.05, 0.1) is 25.1 Å². The van der Waals surface area contributed by atoms with E-state index in [1.807, 2.05) is 6.26 Å². The van der Waals surface area contributed by atoms with Crippen molar-refractivity contribution in [2.75, 3.05) is 7.11 Å². The van der Waals surface area contributed by atoms with Crippen LogP contribution < -0.4 is 0 Å². The van der Waals surface area contributed by atoms with E-state index < -0.39 is 13.9 Å². The number of hydrogen-bond acceptors (Lipinski definition) is 3. The second kappa shape index (κ2) is 7.25. The quantitative estimate of drug-likeness (QED) is 0.486. The zero-order chi connectivity index (χ0) is 20.0. The first-order chi connectivity index (χ1) is 11.8. The van der Waals surface area contributed by atoms with E-state index >= 15 is 0 Å². The monoisotopic (exact) mass is 382 g/mol. The summed E-state index contributed by atoms with van der Waals surface area (Å²) >= 11 is 0. The number of fused-ring (bicyclic) bond motifs is 1. The van der Waals surface area contributed by atoms with Crippen molar-refractivity contribution in [3.05, 3.63) is 11.8 Å². The molecule has 2 saturated carbocycles. The SMILES string of the molecule is CO/C=C1\CC[C@@H](O[Si](C)(C)C(C)(C)C)[C@]2(C)CC[C@](O)(C(C)C)C[C@@H]12. The van der Waals surface area contributed by atoms with Crippen LogP contribution in [0.3, 0.4) is 0 Å². The molecule has 2 rings (SSSR count). The fraction of sp³-hybridized carbons (Fsp3) is 0.909. The van der Waals surface area contributed by atoms with E-state index in [4.69, 9.17) is 9.16 Å². The third kappa shape index (κ3) is 3.93. The Kier molecular flexibility index (Phi) is 6.13. The van der Waals surface area contributed by atoms with Gasteiger partial charge < -0.3 is 14.3 Å². The molecule has 2 fully saturated rings. The molecule has 3 nitrogen and oxygen atoms in total. The highest BCUT2D eigenvalue weighted by atomic mass is 28.4. The lowest BCUT2D eigenvalue weighted by Gasteiger charge is -2.57. The smallest absolute Gasteiger partial charge is 0.192 e. The van der Waals surface area contributed by atoms with Gasteiger partial charge >= 0.3 is 0 Å². The largest absolute Gasteiger partial charge is 0.504 e. The Balaban J connectivity index is 2.35. The van der Waals surface area contributed by atoms with Gasteiger partial charge in [-0.3, -0.25) is 0 Å². The minimum atomic E-state index is -1.83. The number of aliphatic hydroxyl groups is 1. The van der Waals surface area contributed by atoms with Crippen LogP contribution in [0.4, 0.5) is 0 Å². The van der Waals surface area contributed by atoms with E-state index in [1.165, 1.54) is 5.57 Å². The number of allylic oxidation sites excluding steroid dienone is 1. The molecule has 0 heterocycles. The Hall–Kier alpha value is -0.323. The first-order valence-corrected chi connectivity index (χ1v) is 13.3. The van der Waals surface area contributed by atoms with Gasteiger partial charge in [0, 0.05) is 0 Å². The molecule has 4 atom stereocenters. The van der Waals surface area contributed by atoms with Crippen LogP contribution in [-0.2, 0) is 9.16 Å². The number of methoxy groups -OCH3 is 1. The number of rotatable bonds is 4. The lowest BCUT2D eigenvalue weighted by Crippen LogP contribution is -2.57. The summed E-state index contributed by atoms with van der Waals surface area (Å²) in [5, 5.41) is 11.5. The fourth-order valence-corrected chi connectivity index (χ4v) is 6.09. The van der Waals surface area contributed by atoms with E-state index in [1.54, 1.807) is 7.11 Å². The molecule has 0 saturated heterocycles. The Labute approximate surface area is 162 Å². The normalized spacial score (nSPS) is 37.7. The van der Waals surface area contributed by atoms with Crippen LogP contribution in [0.25, 0.3) is 0 Å². The summed E-state index contributed by atoms with van der Waals surface area (Å²) in [6, 6.07) is 0. The number of hydrogen-bond donors (Lipinski definition) is 1. The van der Waals surface area contributed by atoms with Crippen molar-refractivity contribution in [1.29, 1.82) is 0 Å². The average Bonchev–Trinajstić information content (AvgIpc) is 2.50. The highest BCUT2D eigenvalue weighted by molar-refractivity contribution is 6.74. The predicted molar refractivity (Wildman–Crippen MR) is 112 cm³/mol. The standard InChI is InChI=1S/C22H42O3Si/c1-16(2)22(23)13-12-21(6)18(14-22)17(15-24-7)10-11-19(21)25-26(8,9)20(3,4)5/h15-16,18-19,23H,10-14H2,1-9H3/b17-15+/t18-,19+,21+,22+/m0/s1. The maximum Gasteiger partial charge on any atom is 0.192 e. The van der Waals surface area contributed by atoms with E-state index in [0.29, 0.717) is 5.92 Å². The van der Waals surface area contributed by atoms with E-state index in [-0.39, 0.29) is 22.5 Å². The minimum Gasteiger partial charge on any atom is -0.504 e. The summed E-state index contributed by atoms with van der Waals surface area (Å²) in [7, 11) is -0.0908. The molecule has 0 aromatic heterocycles. The lowest BCUT2D eigenvalue weighted by molar-refractivity contribution is -0.124. The molecule has 26 heavy (non-hydrogen) atoms. The van der Waals surface area contributed by atoms with Gasteiger partial charge in [0.1, 0.15) is 0 Å². The molecule has 0 aromatic rings. The Bertz CT molecular complexity index is 534. The highest BCUT2D eigenvalue weighted by Gasteiger charge is 2.55. The van der Waals surface area contributed by atoms with Crippen molar-refractivity contribution >= 4 is 8.32 Å². The maximum atomic E-state index is 11.2. The maximum absolute atomic E-state index is 11.2. The summed E-state index contributed by atoms with van der Waals surface area (Å²) in [5.41, 5.74) is 0.874. The molecule has 0 amide bonds. The van der Waals surface area contributed by atoms with E-state index in [2.05, 4.69) is 54.6 Å². The zero-order valence-electron chi connectivity index (χ0n) is 18.6. The Morgan fingerprint density at radius 1 is 1.23 bits per heavy atom. The summed E-state index contributed by atoms with van der Waals surface area (Å²) in [6.45, 7) is 18.4. The Morgan fingerprint density at radius 3 is 2.35 bits per heavy atom. The molecule has 1 N–H and O–H groups in total. The highest BCUT2D eigenvalue weighted by Crippen LogP contribution is 2.58. The van der Waals surface area contributed by atoms with Crippen molar-refractivity contribution in [2.24, 2.45) is 17.3 Å². The fourth-order valence-electron chi connectivity index (χ4n) is 4.63. The van der Waals surface area contributed by atoms with Crippen molar-refractivity contribution < 1.29 is 14.3 Å². The third-order valence-electron chi connectivity index (χ3n) is 7.92. The Morgan fingerprint density at radius 2 is 1.85 bits per heavy atom. The van der Waals surface area contributed by atoms with Gasteiger partial charge in [0.2, 0.25) is 0 Å². The summed E-state index contributed by atoms with van der Waals surface area (Å²) in [5.74, 6) is 0.615. The summed E-state index contributed by atoms with van der Waals surface area (Å²) in [6.07, 6.45) is 7.02. The van der Waals surface area contributed by atoms with Crippen LogP contribution in [0.5, 0.6) is 0 Å². The molecule has 0 spiro atoms. The molecule has 0 aromatic carbocycles. The van der Waals surface area contributed by atoms with Crippen molar-refractivity contribution in [3.8, 4) is 0 Å². The first-order valence-electron chi connectivity index (χ1n) is 10.4. The molecule has 0 bridgehead atoms. The van der Waals surface area contributed by atoms with Crippen LogP contribution in [0.1, 0.15) is 73.6 Å². The van der Waals surface area contributed by atoms with Crippen LogP contribution in [0, 0.1) is 17.3 Å². The van der Waals surface area contributed by atoms with Gasteiger partial charge in [0.15, 0.2) is 8.32 Å². The zero-order valence-corrected chi connectivity index (χ0v) is 19.6. The molecule has 2 aliphatic rings. The predicted octanol–water partition coefficient (Wildman–Crippen LogP) is 5.89. The van der Waals surface area contributed by atoms with Crippen LogP contribution in [-0.4, -0.2) is 32.2 Å². The van der Waals surface area contributed by atoms with E-state index in [0.717, 1.165) is 32.1 Å². The average molecular weight is 383 g/mol. The number of ether oxygens (including phenoxy) is 1. The minimum absolute atomic E-state index is 0.0826. The van der Waals surface area contributed by atoms with Crippen molar-refractivity contribution in [1.82, 2.24) is 0 Å². The van der Waals surface area contributed by atoms with Gasteiger partial charge in [-0.15, -0.1) is 0 Å². The van der Waals surface area contributed by atoms with Gasteiger partial charge in [-0.1, -0.05) is 41.5 Å². The van der Waals surface area contributed by atoms with Gasteiger partial charge in [-0.25, -0.2) is 0 Å². The van der Waals surface area contributed by atoms with Gasteiger partial charge in [0.25, 0.3) is 0 Å². The molecule has 2 aliphatic carbocycles. The second-order valence-electron chi connectivity index (χ2n) is 10.9. The van der Waals surface area contributed by atoms with Crippen LogP contribution >= 0.6 is 0 Å². The van der Waals surface area contributed by atoms with Gasteiger partial charge in [-0.2, -0.15) is 0 Å². The molecular weight excluding hydrogens is 340 g/mol. The molecule has 152 valence electrons. The van der Waals surface area contributed by atoms with Crippen LogP contribution in [0.2, 0.25) is 18.1 Å². The molecule has 0 unspecified atom stereocenters. The summed E-state index contributed by atoms with van der Waals surface area (Å²) in [4.78, 5) is 0. The van der Waals surface area contributed by atoms with Crippen LogP contribution in [0.15, 0.2) is 11.8 Å². The van der Waals surface area contributed by atoms with E-state index in [9.17, 15) is 5.11 Å². The van der Waals surface area contributed by atoms with Gasteiger partial charge in [-0.05, 0) is 73.1 Å².